The molecule has 0 aliphatic heterocycles. The Morgan fingerprint density at radius 2 is 2.44 bits per heavy atom. The summed E-state index contributed by atoms with van der Waals surface area (Å²) >= 11 is 0. The maximum Gasteiger partial charge on any atom is 0.326 e. The van der Waals surface area contributed by atoms with E-state index < -0.39 is 17.9 Å². The van der Waals surface area contributed by atoms with Crippen LogP contribution >= 0.6 is 0 Å². The number of aromatic nitrogens is 1. The van der Waals surface area contributed by atoms with Crippen LogP contribution in [-0.2, 0) is 4.79 Å². The minimum Gasteiger partial charge on any atom is -0.480 e. The predicted octanol–water partition coefficient (Wildman–Crippen LogP) is 0.742. The standard InChI is InChI=1S/C10H12N2O4/c1-3-4-7(10(14)15)12-9(13)8-6(2)11-5-16-8/h3,5,7H,1,4H2,2H3,(H,12,13)(H,14,15). The highest BCUT2D eigenvalue weighted by Crippen LogP contribution is 2.05. The Morgan fingerprint density at radius 1 is 1.75 bits per heavy atom. The van der Waals surface area contributed by atoms with Gasteiger partial charge in [0.05, 0.1) is 5.69 Å². The monoisotopic (exact) mass is 224 g/mol. The van der Waals surface area contributed by atoms with E-state index in [-0.39, 0.29) is 12.2 Å². The molecule has 0 aliphatic rings. The Kier molecular flexibility index (Phi) is 3.82. The van der Waals surface area contributed by atoms with Crippen molar-refractivity contribution in [2.45, 2.75) is 19.4 Å². The molecule has 1 unspecified atom stereocenters. The molecule has 1 aromatic heterocycles. The van der Waals surface area contributed by atoms with E-state index in [2.05, 4.69) is 16.9 Å². The average molecular weight is 224 g/mol. The van der Waals surface area contributed by atoms with Crippen LogP contribution in [0.15, 0.2) is 23.5 Å². The quantitative estimate of drug-likeness (QED) is 0.719. The van der Waals surface area contributed by atoms with Gasteiger partial charge in [0.15, 0.2) is 6.39 Å². The van der Waals surface area contributed by atoms with Crippen LogP contribution in [-0.4, -0.2) is 28.0 Å². The Hall–Kier alpha value is -2.11. The summed E-state index contributed by atoms with van der Waals surface area (Å²) in [5.74, 6) is -1.69. The summed E-state index contributed by atoms with van der Waals surface area (Å²) in [6.07, 6.45) is 2.70. The van der Waals surface area contributed by atoms with Gasteiger partial charge < -0.3 is 14.8 Å². The molecule has 0 saturated carbocycles. The zero-order valence-electron chi connectivity index (χ0n) is 8.77. The molecule has 1 rings (SSSR count). The zero-order chi connectivity index (χ0) is 12.1. The lowest BCUT2D eigenvalue weighted by Gasteiger charge is -2.11. The first-order valence-electron chi connectivity index (χ1n) is 4.61. The third-order valence-corrected chi connectivity index (χ3v) is 1.96. The molecule has 0 aromatic carbocycles. The minimum atomic E-state index is -1.12. The van der Waals surface area contributed by atoms with Gasteiger partial charge in [-0.3, -0.25) is 4.79 Å². The van der Waals surface area contributed by atoms with Crippen molar-refractivity contribution in [2.24, 2.45) is 0 Å². The Balaban J connectivity index is 2.72. The molecule has 16 heavy (non-hydrogen) atoms. The molecule has 0 spiro atoms. The van der Waals surface area contributed by atoms with Gasteiger partial charge in [-0.25, -0.2) is 9.78 Å². The van der Waals surface area contributed by atoms with Crippen LogP contribution in [0.3, 0.4) is 0 Å². The lowest BCUT2D eigenvalue weighted by molar-refractivity contribution is -0.139. The van der Waals surface area contributed by atoms with Gasteiger partial charge >= 0.3 is 5.97 Å². The van der Waals surface area contributed by atoms with Crippen molar-refractivity contribution in [3.05, 3.63) is 30.5 Å². The number of hydrogen-bond donors (Lipinski definition) is 2. The summed E-state index contributed by atoms with van der Waals surface area (Å²) in [6, 6.07) is -1.01. The summed E-state index contributed by atoms with van der Waals surface area (Å²) < 4.78 is 4.84. The van der Waals surface area contributed by atoms with E-state index in [1.807, 2.05) is 0 Å². The molecule has 6 heteroatoms. The number of rotatable bonds is 5. The number of aryl methyl sites for hydroxylation is 1. The molecular weight excluding hydrogens is 212 g/mol. The molecule has 0 saturated heterocycles. The normalized spacial score (nSPS) is 11.8. The van der Waals surface area contributed by atoms with Crippen molar-refractivity contribution in [3.63, 3.8) is 0 Å². The molecule has 0 fully saturated rings. The van der Waals surface area contributed by atoms with Crippen molar-refractivity contribution in [2.75, 3.05) is 0 Å². The second-order valence-electron chi connectivity index (χ2n) is 3.16. The molecular formula is C10H12N2O4. The zero-order valence-corrected chi connectivity index (χ0v) is 8.77. The number of carbonyl (C=O) groups is 2. The number of nitrogens with one attached hydrogen (secondary N) is 1. The van der Waals surface area contributed by atoms with Crippen LogP contribution in [0.1, 0.15) is 22.7 Å². The van der Waals surface area contributed by atoms with Crippen molar-refractivity contribution >= 4 is 11.9 Å². The third kappa shape index (κ3) is 2.69. The summed E-state index contributed by atoms with van der Waals surface area (Å²) in [5.41, 5.74) is 0.417. The highest BCUT2D eigenvalue weighted by molar-refractivity contribution is 5.95. The van der Waals surface area contributed by atoms with Gasteiger partial charge in [0.25, 0.3) is 5.91 Å². The number of hydrogen-bond acceptors (Lipinski definition) is 4. The maximum absolute atomic E-state index is 11.6. The molecule has 1 atom stereocenters. The van der Waals surface area contributed by atoms with E-state index >= 15 is 0 Å². The molecule has 1 amide bonds. The van der Waals surface area contributed by atoms with E-state index in [4.69, 9.17) is 9.52 Å². The number of oxazole rings is 1. The Bertz CT molecular complexity index is 411. The van der Waals surface area contributed by atoms with Crippen molar-refractivity contribution in [1.82, 2.24) is 10.3 Å². The second kappa shape index (κ2) is 5.11. The molecule has 1 heterocycles. The maximum atomic E-state index is 11.6. The SMILES string of the molecule is C=CCC(NC(=O)c1ocnc1C)C(=O)O. The van der Waals surface area contributed by atoms with Crippen LogP contribution in [0, 0.1) is 6.92 Å². The van der Waals surface area contributed by atoms with Gasteiger partial charge in [-0.2, -0.15) is 0 Å². The molecule has 2 N–H and O–H groups in total. The molecule has 0 radical (unpaired) electrons. The van der Waals surface area contributed by atoms with Gasteiger partial charge in [-0.15, -0.1) is 6.58 Å². The number of carbonyl (C=O) groups excluding carboxylic acids is 1. The largest absolute Gasteiger partial charge is 0.480 e. The molecule has 0 bridgehead atoms. The first-order chi connectivity index (χ1) is 7.56. The van der Waals surface area contributed by atoms with Gasteiger partial charge in [-0.05, 0) is 13.3 Å². The summed E-state index contributed by atoms with van der Waals surface area (Å²) in [5, 5.41) is 11.1. The highest BCUT2D eigenvalue weighted by atomic mass is 16.4. The fourth-order valence-electron chi connectivity index (χ4n) is 1.13. The number of carboxylic acid groups (broad SMARTS) is 1. The van der Waals surface area contributed by atoms with Crippen LogP contribution < -0.4 is 5.32 Å². The second-order valence-corrected chi connectivity index (χ2v) is 3.16. The molecule has 86 valence electrons. The minimum absolute atomic E-state index is 0.0234. The lowest BCUT2D eigenvalue weighted by atomic mass is 10.2. The van der Waals surface area contributed by atoms with Gasteiger partial charge in [0.2, 0.25) is 5.76 Å². The summed E-state index contributed by atoms with van der Waals surface area (Å²) in [6.45, 7) is 5.02. The first-order valence-corrected chi connectivity index (χ1v) is 4.61. The van der Waals surface area contributed by atoms with E-state index in [1.54, 1.807) is 6.92 Å². The fourth-order valence-corrected chi connectivity index (χ4v) is 1.13. The van der Waals surface area contributed by atoms with Crippen LogP contribution in [0.25, 0.3) is 0 Å². The molecule has 0 aliphatic carbocycles. The summed E-state index contributed by atoms with van der Waals surface area (Å²) in [4.78, 5) is 26.1. The number of carboxylic acids is 1. The van der Waals surface area contributed by atoms with Gasteiger partial charge in [0.1, 0.15) is 6.04 Å². The topological polar surface area (TPSA) is 92.4 Å². The smallest absolute Gasteiger partial charge is 0.326 e. The third-order valence-electron chi connectivity index (χ3n) is 1.96. The molecule has 1 aromatic rings. The average Bonchev–Trinajstić information content (AvgIpc) is 2.63. The van der Waals surface area contributed by atoms with Crippen LogP contribution in [0.2, 0.25) is 0 Å². The van der Waals surface area contributed by atoms with Crippen molar-refractivity contribution in [3.8, 4) is 0 Å². The number of amides is 1. The Morgan fingerprint density at radius 3 is 2.88 bits per heavy atom. The van der Waals surface area contributed by atoms with Gasteiger partial charge in [-0.1, -0.05) is 6.08 Å². The number of aliphatic carboxylic acids is 1. The van der Waals surface area contributed by atoms with Crippen molar-refractivity contribution in [1.29, 1.82) is 0 Å². The summed E-state index contributed by atoms with van der Waals surface area (Å²) in [7, 11) is 0. The van der Waals surface area contributed by atoms with Crippen molar-refractivity contribution < 1.29 is 19.1 Å². The Labute approximate surface area is 92.0 Å². The van der Waals surface area contributed by atoms with E-state index in [9.17, 15) is 9.59 Å². The highest BCUT2D eigenvalue weighted by Gasteiger charge is 2.22. The predicted molar refractivity (Wildman–Crippen MR) is 54.9 cm³/mol. The number of nitrogens with zero attached hydrogens (tertiary/aromatic N) is 1. The van der Waals surface area contributed by atoms with E-state index in [0.29, 0.717) is 5.69 Å². The fraction of sp³-hybridized carbons (Fsp3) is 0.300. The van der Waals surface area contributed by atoms with E-state index in [0.717, 1.165) is 6.39 Å². The molecule has 6 nitrogen and oxygen atoms in total. The van der Waals surface area contributed by atoms with Crippen LogP contribution in [0.5, 0.6) is 0 Å². The lowest BCUT2D eigenvalue weighted by Crippen LogP contribution is -2.40. The van der Waals surface area contributed by atoms with E-state index in [1.165, 1.54) is 6.08 Å². The van der Waals surface area contributed by atoms with Gasteiger partial charge in [0, 0.05) is 0 Å². The van der Waals surface area contributed by atoms with Crippen LogP contribution in [0.4, 0.5) is 0 Å². The first kappa shape index (κ1) is 12.0.